The lowest BCUT2D eigenvalue weighted by Crippen LogP contribution is -2.09. The number of sulfone groups is 1. The Labute approximate surface area is 125 Å². The highest BCUT2D eigenvalue weighted by Crippen LogP contribution is 2.21. The van der Waals surface area contributed by atoms with Gasteiger partial charge in [-0.15, -0.1) is 0 Å². The minimum absolute atomic E-state index is 0.00758. The molecular formula is C14H11BrO4S. The quantitative estimate of drug-likeness (QED) is 0.915. The van der Waals surface area contributed by atoms with Crippen LogP contribution in [0.3, 0.4) is 0 Å². The first-order chi connectivity index (χ1) is 9.40. The third-order valence-corrected chi connectivity index (χ3v) is 4.98. The van der Waals surface area contributed by atoms with Crippen LogP contribution < -0.4 is 0 Å². The zero-order valence-electron chi connectivity index (χ0n) is 10.3. The number of hydrogen-bond donors (Lipinski definition) is 1. The van der Waals surface area contributed by atoms with E-state index < -0.39 is 15.8 Å². The number of rotatable bonds is 4. The Morgan fingerprint density at radius 3 is 2.25 bits per heavy atom. The average Bonchev–Trinajstić information content (AvgIpc) is 2.39. The van der Waals surface area contributed by atoms with Gasteiger partial charge in [0, 0.05) is 4.47 Å². The van der Waals surface area contributed by atoms with E-state index in [4.69, 9.17) is 5.11 Å². The lowest BCUT2D eigenvalue weighted by molar-refractivity contribution is 0.0696. The van der Waals surface area contributed by atoms with Crippen molar-refractivity contribution in [3.8, 4) is 0 Å². The molecule has 20 heavy (non-hydrogen) atoms. The zero-order valence-corrected chi connectivity index (χ0v) is 12.7. The molecule has 0 saturated carbocycles. The molecule has 0 atom stereocenters. The Morgan fingerprint density at radius 2 is 1.65 bits per heavy atom. The molecule has 0 bridgehead atoms. The lowest BCUT2D eigenvalue weighted by atomic mass is 10.1. The van der Waals surface area contributed by atoms with E-state index in [0.717, 1.165) is 4.47 Å². The van der Waals surface area contributed by atoms with Crippen LogP contribution in [0.4, 0.5) is 0 Å². The van der Waals surface area contributed by atoms with E-state index in [2.05, 4.69) is 15.9 Å². The second-order valence-corrected chi connectivity index (χ2v) is 7.08. The Balaban J connectivity index is 2.38. The minimum atomic E-state index is -3.57. The van der Waals surface area contributed by atoms with Gasteiger partial charge in [-0.1, -0.05) is 34.1 Å². The van der Waals surface area contributed by atoms with Gasteiger partial charge in [0.25, 0.3) is 0 Å². The molecular weight excluding hydrogens is 344 g/mol. The fraction of sp³-hybridized carbons (Fsp3) is 0.0714. The second kappa shape index (κ2) is 5.76. The summed E-state index contributed by atoms with van der Waals surface area (Å²) in [7, 11) is -3.57. The van der Waals surface area contributed by atoms with Gasteiger partial charge < -0.3 is 5.11 Å². The van der Waals surface area contributed by atoms with Crippen molar-refractivity contribution in [2.24, 2.45) is 0 Å². The van der Waals surface area contributed by atoms with E-state index in [0.29, 0.717) is 0 Å². The molecule has 0 radical (unpaired) electrons. The molecule has 2 aromatic carbocycles. The highest BCUT2D eigenvalue weighted by atomic mass is 79.9. The van der Waals surface area contributed by atoms with E-state index in [1.165, 1.54) is 24.3 Å². The zero-order chi connectivity index (χ0) is 14.8. The number of hydrogen-bond acceptors (Lipinski definition) is 3. The average molecular weight is 355 g/mol. The summed E-state index contributed by atoms with van der Waals surface area (Å²) in [5.74, 6) is -1.47. The van der Waals surface area contributed by atoms with Gasteiger partial charge in [-0.2, -0.15) is 0 Å². The summed E-state index contributed by atoms with van der Waals surface area (Å²) in [6.45, 7) is 0. The van der Waals surface area contributed by atoms with Crippen LogP contribution in [0, 0.1) is 0 Å². The number of benzene rings is 2. The van der Waals surface area contributed by atoms with Crippen LogP contribution in [-0.2, 0) is 15.6 Å². The number of aromatic carboxylic acids is 1. The van der Waals surface area contributed by atoms with Gasteiger partial charge in [0.2, 0.25) is 0 Å². The van der Waals surface area contributed by atoms with Crippen molar-refractivity contribution in [1.82, 2.24) is 0 Å². The minimum Gasteiger partial charge on any atom is -0.478 e. The van der Waals surface area contributed by atoms with E-state index in [1.54, 1.807) is 24.3 Å². The van der Waals surface area contributed by atoms with Crippen molar-refractivity contribution in [1.29, 1.82) is 0 Å². The molecule has 2 aromatic rings. The molecule has 0 fully saturated rings. The van der Waals surface area contributed by atoms with E-state index in [1.807, 2.05) is 0 Å². The molecule has 0 amide bonds. The third-order valence-electron chi connectivity index (χ3n) is 2.77. The molecule has 2 rings (SSSR count). The monoisotopic (exact) mass is 354 g/mol. The molecule has 0 aliphatic heterocycles. The van der Waals surface area contributed by atoms with Crippen LogP contribution in [0.15, 0.2) is 57.9 Å². The van der Waals surface area contributed by atoms with Gasteiger partial charge in [0.1, 0.15) is 0 Å². The number of carbonyl (C=O) groups is 1. The molecule has 0 aromatic heterocycles. The molecule has 0 unspecified atom stereocenters. The largest absolute Gasteiger partial charge is 0.478 e. The lowest BCUT2D eigenvalue weighted by Gasteiger charge is -2.07. The second-order valence-electron chi connectivity index (χ2n) is 4.18. The first-order valence-electron chi connectivity index (χ1n) is 5.70. The summed E-state index contributed by atoms with van der Waals surface area (Å²) in [4.78, 5) is 11.3. The first-order valence-corrected chi connectivity index (χ1v) is 8.14. The SMILES string of the molecule is O=C(O)c1ccccc1CS(=O)(=O)c1ccc(Br)cc1. The van der Waals surface area contributed by atoms with Crippen LogP contribution in [0.25, 0.3) is 0 Å². The summed E-state index contributed by atoms with van der Waals surface area (Å²) in [5.41, 5.74) is 0.288. The summed E-state index contributed by atoms with van der Waals surface area (Å²) < 4.78 is 25.3. The van der Waals surface area contributed by atoms with Crippen molar-refractivity contribution in [3.05, 3.63) is 64.1 Å². The molecule has 0 aliphatic carbocycles. The van der Waals surface area contributed by atoms with Gasteiger partial charge in [-0.25, -0.2) is 13.2 Å². The van der Waals surface area contributed by atoms with Crippen molar-refractivity contribution in [2.75, 3.05) is 0 Å². The van der Waals surface area contributed by atoms with Crippen molar-refractivity contribution >= 4 is 31.7 Å². The number of carboxylic acid groups (broad SMARTS) is 1. The molecule has 0 aliphatic rings. The molecule has 0 saturated heterocycles. The molecule has 1 N–H and O–H groups in total. The van der Waals surface area contributed by atoms with Gasteiger partial charge in [0.05, 0.1) is 16.2 Å². The summed E-state index contributed by atoms with van der Waals surface area (Å²) in [6.07, 6.45) is 0. The highest BCUT2D eigenvalue weighted by molar-refractivity contribution is 9.10. The number of carboxylic acids is 1. The van der Waals surface area contributed by atoms with Gasteiger partial charge in [-0.05, 0) is 35.9 Å². The maximum atomic E-state index is 12.3. The molecule has 6 heteroatoms. The molecule has 0 heterocycles. The number of halogens is 1. The summed E-state index contributed by atoms with van der Waals surface area (Å²) in [6, 6.07) is 12.4. The fourth-order valence-electron chi connectivity index (χ4n) is 1.78. The van der Waals surface area contributed by atoms with Crippen molar-refractivity contribution in [3.63, 3.8) is 0 Å². The molecule has 0 spiro atoms. The fourth-order valence-corrected chi connectivity index (χ4v) is 3.43. The van der Waals surface area contributed by atoms with Gasteiger partial charge >= 0.3 is 5.97 Å². The Bertz CT molecular complexity index is 736. The highest BCUT2D eigenvalue weighted by Gasteiger charge is 2.19. The van der Waals surface area contributed by atoms with Crippen LogP contribution in [-0.4, -0.2) is 19.5 Å². The predicted octanol–water partition coefficient (Wildman–Crippen LogP) is 3.12. The van der Waals surface area contributed by atoms with Crippen LogP contribution in [0.5, 0.6) is 0 Å². The maximum Gasteiger partial charge on any atom is 0.335 e. The molecule has 4 nitrogen and oxygen atoms in total. The van der Waals surface area contributed by atoms with Crippen molar-refractivity contribution < 1.29 is 18.3 Å². The smallest absolute Gasteiger partial charge is 0.335 e. The van der Waals surface area contributed by atoms with E-state index in [-0.39, 0.29) is 21.8 Å². The third kappa shape index (κ3) is 3.26. The topological polar surface area (TPSA) is 71.4 Å². The Morgan fingerprint density at radius 1 is 1.05 bits per heavy atom. The van der Waals surface area contributed by atoms with Crippen LogP contribution >= 0.6 is 15.9 Å². The molecule has 104 valence electrons. The van der Waals surface area contributed by atoms with Crippen molar-refractivity contribution in [2.45, 2.75) is 10.6 Å². The van der Waals surface area contributed by atoms with Gasteiger partial charge in [0.15, 0.2) is 9.84 Å². The maximum absolute atomic E-state index is 12.3. The van der Waals surface area contributed by atoms with Crippen LogP contribution in [0.2, 0.25) is 0 Å². The Hall–Kier alpha value is -1.66. The standard InChI is InChI=1S/C14H11BrO4S/c15-11-5-7-12(8-6-11)20(18,19)9-10-3-1-2-4-13(10)14(16)17/h1-8H,9H2,(H,16,17). The van der Waals surface area contributed by atoms with E-state index >= 15 is 0 Å². The van der Waals surface area contributed by atoms with Crippen LogP contribution in [0.1, 0.15) is 15.9 Å². The summed E-state index contributed by atoms with van der Waals surface area (Å²) in [5, 5.41) is 9.07. The first kappa shape index (κ1) is 14.7. The summed E-state index contributed by atoms with van der Waals surface area (Å²) >= 11 is 3.24. The van der Waals surface area contributed by atoms with Gasteiger partial charge in [-0.3, -0.25) is 0 Å². The normalized spacial score (nSPS) is 11.2. The Kier molecular flexibility index (Phi) is 4.25. The van der Waals surface area contributed by atoms with E-state index in [9.17, 15) is 13.2 Å². The predicted molar refractivity (Wildman–Crippen MR) is 78.4 cm³/mol.